The lowest BCUT2D eigenvalue weighted by Gasteiger charge is -2.32. The minimum atomic E-state index is -0.475. The number of hydrogen-bond donors (Lipinski definition) is 2. The fourth-order valence-electron chi connectivity index (χ4n) is 4.44. The van der Waals surface area contributed by atoms with Crippen LogP contribution in [-0.2, 0) is 6.61 Å². The van der Waals surface area contributed by atoms with E-state index in [0.29, 0.717) is 45.6 Å². The monoisotopic (exact) mass is 512 g/mol. The van der Waals surface area contributed by atoms with Gasteiger partial charge in [0.05, 0.1) is 11.4 Å². The summed E-state index contributed by atoms with van der Waals surface area (Å²) in [6, 6.07) is 11.9. The van der Waals surface area contributed by atoms with Crippen molar-refractivity contribution in [1.29, 1.82) is 0 Å². The Bertz CT molecular complexity index is 1600. The second kappa shape index (κ2) is 9.67. The number of fused-ring (bicyclic) bond motifs is 1. The molecule has 0 spiro atoms. The van der Waals surface area contributed by atoms with E-state index in [1.165, 1.54) is 18.5 Å². The molecule has 11 heteroatoms. The maximum absolute atomic E-state index is 14.3. The minimum absolute atomic E-state index is 0.170. The number of nitrogens with zero attached hydrogens (tertiary/aromatic N) is 6. The van der Waals surface area contributed by atoms with Crippen LogP contribution in [0.3, 0.4) is 0 Å². The minimum Gasteiger partial charge on any atom is -0.489 e. The van der Waals surface area contributed by atoms with E-state index in [-0.39, 0.29) is 18.7 Å². The van der Waals surface area contributed by atoms with Crippen molar-refractivity contribution in [3.63, 3.8) is 0 Å². The van der Waals surface area contributed by atoms with Crippen molar-refractivity contribution in [2.45, 2.75) is 38.5 Å². The van der Waals surface area contributed by atoms with Crippen LogP contribution in [0.4, 0.5) is 10.2 Å². The lowest BCUT2D eigenvalue weighted by molar-refractivity contribution is 0.253. The van der Waals surface area contributed by atoms with Crippen LogP contribution in [0.15, 0.2) is 61.2 Å². The van der Waals surface area contributed by atoms with Crippen LogP contribution in [0.1, 0.15) is 30.3 Å². The number of halogens is 1. The lowest BCUT2D eigenvalue weighted by Crippen LogP contribution is -2.38. The molecule has 0 saturated heterocycles. The van der Waals surface area contributed by atoms with Crippen LogP contribution in [-0.4, -0.2) is 35.8 Å². The third-order valence-corrected chi connectivity index (χ3v) is 6.46. The highest BCUT2D eigenvalue weighted by Gasteiger charge is 2.31. The molecule has 2 aromatic carbocycles. The number of nitrogens with two attached hydrogens (primary N) is 2. The average Bonchev–Trinajstić information content (AvgIpc) is 3.27. The Balaban J connectivity index is 1.22. The average molecular weight is 513 g/mol. The summed E-state index contributed by atoms with van der Waals surface area (Å²) in [5.41, 5.74) is 15.2. The van der Waals surface area contributed by atoms with Crippen LogP contribution in [0.5, 0.6) is 17.2 Å². The van der Waals surface area contributed by atoms with Gasteiger partial charge in [-0.2, -0.15) is 5.10 Å². The number of rotatable bonds is 7. The van der Waals surface area contributed by atoms with Gasteiger partial charge in [0.25, 0.3) is 0 Å². The topological polar surface area (TPSA) is 140 Å². The summed E-state index contributed by atoms with van der Waals surface area (Å²) in [7, 11) is 0. The summed E-state index contributed by atoms with van der Waals surface area (Å²) in [5.74, 6) is 1.72. The van der Waals surface area contributed by atoms with Gasteiger partial charge in [-0.3, -0.25) is 0 Å². The number of benzene rings is 2. The summed E-state index contributed by atoms with van der Waals surface area (Å²) in [6.07, 6.45) is 6.47. The molecule has 0 atom stereocenters. The molecule has 3 aromatic heterocycles. The van der Waals surface area contributed by atoms with E-state index in [9.17, 15) is 4.39 Å². The van der Waals surface area contributed by atoms with Crippen LogP contribution < -0.4 is 20.9 Å². The van der Waals surface area contributed by atoms with Gasteiger partial charge in [0.15, 0.2) is 5.65 Å². The predicted octanol–water partition coefficient (Wildman–Crippen LogP) is 4.35. The summed E-state index contributed by atoms with van der Waals surface area (Å²) in [5, 5.41) is 5.53. The van der Waals surface area contributed by atoms with E-state index in [2.05, 4.69) is 19.9 Å². The molecule has 5 aromatic rings. The fraction of sp³-hybridized carbons (Fsp3) is 0.222. The molecule has 1 fully saturated rings. The molecule has 38 heavy (non-hydrogen) atoms. The molecule has 3 heterocycles. The van der Waals surface area contributed by atoms with E-state index >= 15 is 0 Å². The van der Waals surface area contributed by atoms with E-state index in [4.69, 9.17) is 26.0 Å². The van der Waals surface area contributed by atoms with E-state index < -0.39 is 5.82 Å². The molecule has 192 valence electrons. The third kappa shape index (κ3) is 4.71. The largest absolute Gasteiger partial charge is 0.489 e. The standard InChI is InChI=1S/C27H25FN8O2/c1-15-31-11-16(12-32-15)13-37-22-6-18(28)7-23(10-22)38-21-4-2-17(3-5-21)25-24-26(30)33-14-34-27(24)36(35-25)20-8-19(29)9-20/h2-7,10-12,14,19-20H,8-9,13,29H2,1H3,(H2,30,33,34). The molecule has 1 aliphatic carbocycles. The quantitative estimate of drug-likeness (QED) is 0.326. The first kappa shape index (κ1) is 23.7. The molecule has 0 radical (unpaired) electrons. The highest BCUT2D eigenvalue weighted by Crippen LogP contribution is 2.38. The Morgan fingerprint density at radius 2 is 1.71 bits per heavy atom. The van der Waals surface area contributed by atoms with Crippen molar-refractivity contribution in [2.75, 3.05) is 5.73 Å². The van der Waals surface area contributed by atoms with Gasteiger partial charge in [-0.1, -0.05) is 0 Å². The van der Waals surface area contributed by atoms with Crippen LogP contribution in [0.25, 0.3) is 22.3 Å². The maximum atomic E-state index is 14.3. The van der Waals surface area contributed by atoms with Crippen LogP contribution in [0, 0.1) is 12.7 Å². The molecular formula is C27H25FN8O2. The number of ether oxygens (including phenoxy) is 2. The first-order chi connectivity index (χ1) is 18.4. The first-order valence-corrected chi connectivity index (χ1v) is 12.2. The number of hydrogen-bond acceptors (Lipinski definition) is 9. The van der Waals surface area contributed by atoms with Crippen molar-refractivity contribution in [1.82, 2.24) is 29.7 Å². The number of nitrogen functional groups attached to an aromatic ring is 1. The highest BCUT2D eigenvalue weighted by atomic mass is 19.1. The smallest absolute Gasteiger partial charge is 0.164 e. The van der Waals surface area contributed by atoms with Gasteiger partial charge in [-0.15, -0.1) is 0 Å². The molecular weight excluding hydrogens is 487 g/mol. The van der Waals surface area contributed by atoms with Gasteiger partial charge < -0.3 is 20.9 Å². The first-order valence-electron chi connectivity index (χ1n) is 12.2. The zero-order chi connectivity index (χ0) is 26.2. The molecule has 10 nitrogen and oxygen atoms in total. The summed E-state index contributed by atoms with van der Waals surface area (Å²) in [6.45, 7) is 2.01. The zero-order valence-corrected chi connectivity index (χ0v) is 20.6. The third-order valence-electron chi connectivity index (χ3n) is 6.46. The second-order valence-corrected chi connectivity index (χ2v) is 9.31. The van der Waals surface area contributed by atoms with Gasteiger partial charge in [-0.05, 0) is 44.0 Å². The summed E-state index contributed by atoms with van der Waals surface area (Å²) < 4.78 is 27.8. The molecule has 1 saturated carbocycles. The van der Waals surface area contributed by atoms with Crippen molar-refractivity contribution >= 4 is 16.9 Å². The predicted molar refractivity (Wildman–Crippen MR) is 139 cm³/mol. The zero-order valence-electron chi connectivity index (χ0n) is 20.6. The van der Waals surface area contributed by atoms with Crippen LogP contribution >= 0.6 is 0 Å². The maximum Gasteiger partial charge on any atom is 0.164 e. The van der Waals surface area contributed by atoms with Crippen molar-refractivity contribution in [3.05, 3.63) is 78.4 Å². The summed E-state index contributed by atoms with van der Waals surface area (Å²) in [4.78, 5) is 16.9. The lowest BCUT2D eigenvalue weighted by atomic mass is 9.88. The second-order valence-electron chi connectivity index (χ2n) is 9.31. The Kier molecular flexibility index (Phi) is 6.04. The molecule has 4 N–H and O–H groups in total. The number of aryl methyl sites for hydroxylation is 1. The Hall–Kier alpha value is -4.64. The molecule has 0 unspecified atom stereocenters. The van der Waals surface area contributed by atoms with E-state index in [0.717, 1.165) is 24.0 Å². The van der Waals surface area contributed by atoms with Crippen molar-refractivity contribution in [2.24, 2.45) is 5.73 Å². The van der Waals surface area contributed by atoms with Gasteiger partial charge in [0.2, 0.25) is 0 Å². The SMILES string of the molecule is Cc1ncc(COc2cc(F)cc(Oc3ccc(-c4nn(C5CC(N)C5)c5ncnc(N)c45)cc3)c2)cn1. The van der Waals surface area contributed by atoms with Crippen molar-refractivity contribution < 1.29 is 13.9 Å². The Morgan fingerprint density at radius 1 is 0.974 bits per heavy atom. The van der Waals surface area contributed by atoms with Gasteiger partial charge >= 0.3 is 0 Å². The van der Waals surface area contributed by atoms with E-state index in [1.807, 2.05) is 16.8 Å². The normalized spacial score (nSPS) is 16.8. The van der Waals surface area contributed by atoms with Crippen molar-refractivity contribution in [3.8, 4) is 28.5 Å². The molecule has 6 rings (SSSR count). The summed E-state index contributed by atoms with van der Waals surface area (Å²) >= 11 is 0. The van der Waals surface area contributed by atoms with E-state index in [1.54, 1.807) is 37.5 Å². The van der Waals surface area contributed by atoms with Crippen LogP contribution in [0.2, 0.25) is 0 Å². The Labute approximate surface area is 217 Å². The molecule has 0 bridgehead atoms. The Morgan fingerprint density at radius 3 is 2.45 bits per heavy atom. The van der Waals surface area contributed by atoms with Gasteiger partial charge in [0.1, 0.15) is 53.3 Å². The number of anilines is 1. The highest BCUT2D eigenvalue weighted by molar-refractivity contribution is 5.98. The number of aromatic nitrogens is 6. The van der Waals surface area contributed by atoms with Gasteiger partial charge in [0, 0.05) is 47.8 Å². The fourth-order valence-corrected chi connectivity index (χ4v) is 4.44. The van der Waals surface area contributed by atoms with Gasteiger partial charge in [-0.25, -0.2) is 29.0 Å². The molecule has 1 aliphatic rings. The molecule has 0 amide bonds. The molecule has 0 aliphatic heterocycles.